The first-order chi connectivity index (χ1) is 13.8. The predicted molar refractivity (Wildman–Crippen MR) is 107 cm³/mol. The first kappa shape index (κ1) is 21.7. The summed E-state index contributed by atoms with van der Waals surface area (Å²) >= 11 is 0. The lowest BCUT2D eigenvalue weighted by atomic mass is 9.78. The summed E-state index contributed by atoms with van der Waals surface area (Å²) < 4.78 is 54.4. The van der Waals surface area contributed by atoms with E-state index in [1.807, 2.05) is 24.3 Å². The van der Waals surface area contributed by atoms with Crippen LogP contribution in [0.2, 0.25) is 0 Å². The topological polar surface area (TPSA) is 9.23 Å². The summed E-state index contributed by atoms with van der Waals surface area (Å²) in [6, 6.07) is 11.4. The number of hydrogen-bond acceptors (Lipinski definition) is 1. The molecular formula is C24H28F4O. The summed E-state index contributed by atoms with van der Waals surface area (Å²) in [5.41, 5.74) is 2.53. The molecule has 0 bridgehead atoms. The number of halogens is 4. The van der Waals surface area contributed by atoms with Gasteiger partial charge in [-0.15, -0.1) is 13.2 Å². The van der Waals surface area contributed by atoms with Crippen molar-refractivity contribution in [2.24, 2.45) is 11.8 Å². The summed E-state index contributed by atoms with van der Waals surface area (Å²) in [6.07, 6.45) is 5.32. The Kier molecular flexibility index (Phi) is 7.20. The van der Waals surface area contributed by atoms with Gasteiger partial charge in [0.1, 0.15) is 0 Å². The Morgan fingerprint density at radius 1 is 0.862 bits per heavy atom. The highest BCUT2D eigenvalue weighted by atomic mass is 19.4. The van der Waals surface area contributed by atoms with Gasteiger partial charge in [-0.25, -0.2) is 4.39 Å². The van der Waals surface area contributed by atoms with Gasteiger partial charge in [-0.1, -0.05) is 75.8 Å². The molecule has 1 aliphatic carbocycles. The molecule has 5 heteroatoms. The van der Waals surface area contributed by atoms with Gasteiger partial charge in [-0.3, -0.25) is 0 Å². The van der Waals surface area contributed by atoms with Crippen molar-refractivity contribution in [3.63, 3.8) is 0 Å². The van der Waals surface area contributed by atoms with Crippen LogP contribution in [0.5, 0.6) is 5.75 Å². The Labute approximate surface area is 170 Å². The molecule has 3 rings (SSSR count). The van der Waals surface area contributed by atoms with Crippen LogP contribution in [0, 0.1) is 17.7 Å². The molecule has 29 heavy (non-hydrogen) atoms. The monoisotopic (exact) mass is 408 g/mol. The summed E-state index contributed by atoms with van der Waals surface area (Å²) in [6.45, 7) is 2.26. The Hall–Kier alpha value is -2.04. The molecule has 1 fully saturated rings. The van der Waals surface area contributed by atoms with Crippen LogP contribution in [-0.4, -0.2) is 6.36 Å². The summed E-state index contributed by atoms with van der Waals surface area (Å²) in [4.78, 5) is 0. The van der Waals surface area contributed by atoms with Gasteiger partial charge < -0.3 is 4.74 Å². The van der Waals surface area contributed by atoms with Gasteiger partial charge in [-0.05, 0) is 53.5 Å². The van der Waals surface area contributed by atoms with Crippen LogP contribution in [0.3, 0.4) is 0 Å². The molecule has 1 aliphatic rings. The van der Waals surface area contributed by atoms with Crippen molar-refractivity contribution in [3.05, 3.63) is 53.8 Å². The van der Waals surface area contributed by atoms with Crippen molar-refractivity contribution in [2.45, 2.75) is 64.7 Å². The van der Waals surface area contributed by atoms with Gasteiger partial charge in [-0.2, -0.15) is 0 Å². The molecule has 158 valence electrons. The minimum absolute atomic E-state index is 0.526. The van der Waals surface area contributed by atoms with Crippen LogP contribution in [0.4, 0.5) is 17.6 Å². The van der Waals surface area contributed by atoms with E-state index >= 15 is 0 Å². The number of rotatable bonds is 7. The van der Waals surface area contributed by atoms with E-state index in [-0.39, 0.29) is 0 Å². The highest BCUT2D eigenvalue weighted by Gasteiger charge is 2.32. The van der Waals surface area contributed by atoms with Crippen molar-refractivity contribution in [2.75, 3.05) is 0 Å². The molecule has 0 radical (unpaired) electrons. The van der Waals surface area contributed by atoms with Crippen LogP contribution in [0.1, 0.15) is 57.4 Å². The maximum atomic E-state index is 13.9. The second-order valence-corrected chi connectivity index (χ2v) is 8.10. The van der Waals surface area contributed by atoms with Crippen LogP contribution >= 0.6 is 0 Å². The molecule has 0 spiro atoms. The van der Waals surface area contributed by atoms with Gasteiger partial charge in [0.25, 0.3) is 0 Å². The molecule has 0 aliphatic heterocycles. The quantitative estimate of drug-likeness (QED) is 0.423. The number of alkyl halides is 3. The molecule has 0 unspecified atom stereocenters. The van der Waals surface area contributed by atoms with Crippen molar-refractivity contribution in [1.29, 1.82) is 0 Å². The number of benzene rings is 2. The molecular weight excluding hydrogens is 380 g/mol. The van der Waals surface area contributed by atoms with Crippen LogP contribution in [0.15, 0.2) is 42.5 Å². The predicted octanol–water partition coefficient (Wildman–Crippen LogP) is 7.93. The SMILES string of the molecule is CCCC1CCC(CCc2ccc(-c3ccc(OC(F)(F)F)c(F)c3)cc2)CC1. The van der Waals surface area contributed by atoms with Crippen LogP contribution in [-0.2, 0) is 6.42 Å². The van der Waals surface area contributed by atoms with Gasteiger partial charge >= 0.3 is 6.36 Å². The van der Waals surface area contributed by atoms with Gasteiger partial charge in [0.05, 0.1) is 0 Å². The van der Waals surface area contributed by atoms with Crippen molar-refractivity contribution in [1.82, 2.24) is 0 Å². The van der Waals surface area contributed by atoms with Crippen LogP contribution in [0.25, 0.3) is 11.1 Å². The largest absolute Gasteiger partial charge is 0.573 e. The Morgan fingerprint density at radius 2 is 1.45 bits per heavy atom. The normalized spacial score (nSPS) is 19.9. The summed E-state index contributed by atoms with van der Waals surface area (Å²) in [5.74, 6) is -0.115. The molecule has 1 nitrogen and oxygen atoms in total. The molecule has 1 saturated carbocycles. The van der Waals surface area contributed by atoms with E-state index in [0.717, 1.165) is 36.0 Å². The fourth-order valence-corrected chi connectivity index (χ4v) is 4.34. The molecule has 0 atom stereocenters. The minimum atomic E-state index is -4.90. The molecule has 0 amide bonds. The van der Waals surface area contributed by atoms with Gasteiger partial charge in [0, 0.05) is 0 Å². The third-order valence-corrected chi connectivity index (χ3v) is 5.95. The Balaban J connectivity index is 1.54. The summed E-state index contributed by atoms with van der Waals surface area (Å²) in [7, 11) is 0. The second kappa shape index (κ2) is 9.64. The lowest BCUT2D eigenvalue weighted by Gasteiger charge is -2.28. The van der Waals surface area contributed by atoms with Crippen molar-refractivity contribution < 1.29 is 22.3 Å². The van der Waals surface area contributed by atoms with E-state index in [4.69, 9.17) is 0 Å². The highest BCUT2D eigenvalue weighted by molar-refractivity contribution is 5.64. The van der Waals surface area contributed by atoms with E-state index in [9.17, 15) is 17.6 Å². The molecule has 0 aromatic heterocycles. The molecule has 2 aromatic carbocycles. The second-order valence-electron chi connectivity index (χ2n) is 8.10. The molecule has 0 saturated heterocycles. The average Bonchev–Trinajstić information content (AvgIpc) is 2.69. The standard InChI is InChI=1S/C24H28F4O/c1-2-3-17-4-6-18(7-5-17)8-9-19-10-12-20(13-11-19)21-14-15-23(22(25)16-21)29-24(26,27)28/h10-18H,2-9H2,1H3. The third-order valence-electron chi connectivity index (χ3n) is 5.95. The molecule has 0 N–H and O–H groups in total. The van der Waals surface area contributed by atoms with E-state index in [1.54, 1.807) is 0 Å². The van der Waals surface area contributed by atoms with E-state index in [0.29, 0.717) is 5.56 Å². The zero-order valence-electron chi connectivity index (χ0n) is 16.8. The first-order valence-corrected chi connectivity index (χ1v) is 10.5. The molecule has 2 aromatic rings. The Morgan fingerprint density at radius 3 is 2.00 bits per heavy atom. The Bertz CT molecular complexity index is 774. The number of ether oxygens (including phenoxy) is 1. The third kappa shape index (κ3) is 6.48. The lowest BCUT2D eigenvalue weighted by molar-refractivity contribution is -0.275. The number of hydrogen-bond donors (Lipinski definition) is 0. The maximum absolute atomic E-state index is 13.9. The highest BCUT2D eigenvalue weighted by Crippen LogP contribution is 2.34. The molecule has 0 heterocycles. The van der Waals surface area contributed by atoms with Crippen molar-refractivity contribution in [3.8, 4) is 16.9 Å². The fourth-order valence-electron chi connectivity index (χ4n) is 4.34. The number of aryl methyl sites for hydroxylation is 1. The maximum Gasteiger partial charge on any atom is 0.573 e. The van der Waals surface area contributed by atoms with E-state index in [1.165, 1.54) is 56.6 Å². The lowest BCUT2D eigenvalue weighted by Crippen LogP contribution is -2.17. The summed E-state index contributed by atoms with van der Waals surface area (Å²) in [5, 5.41) is 0. The fraction of sp³-hybridized carbons (Fsp3) is 0.500. The van der Waals surface area contributed by atoms with Gasteiger partial charge in [0.15, 0.2) is 11.6 Å². The van der Waals surface area contributed by atoms with E-state index < -0.39 is 17.9 Å². The van der Waals surface area contributed by atoms with Gasteiger partial charge in [0.2, 0.25) is 0 Å². The minimum Gasteiger partial charge on any atom is -0.403 e. The zero-order chi connectivity index (χ0) is 20.9. The zero-order valence-corrected chi connectivity index (χ0v) is 16.8. The first-order valence-electron chi connectivity index (χ1n) is 10.5. The average molecular weight is 408 g/mol. The van der Waals surface area contributed by atoms with E-state index in [2.05, 4.69) is 11.7 Å². The smallest absolute Gasteiger partial charge is 0.403 e. The van der Waals surface area contributed by atoms with Crippen molar-refractivity contribution >= 4 is 0 Å². The van der Waals surface area contributed by atoms with Crippen LogP contribution < -0.4 is 4.74 Å².